The molecule has 7 nitrogen and oxygen atoms in total. The van der Waals surface area contributed by atoms with Crippen LogP contribution in [0.3, 0.4) is 0 Å². The zero-order valence-corrected chi connectivity index (χ0v) is 15.2. The van der Waals surface area contributed by atoms with E-state index in [2.05, 4.69) is 21.0 Å². The van der Waals surface area contributed by atoms with Gasteiger partial charge in [-0.25, -0.2) is 0 Å². The first kappa shape index (κ1) is 18.3. The number of carbonyl (C=O) groups excluding carboxylic acids is 2. The van der Waals surface area contributed by atoms with E-state index in [1.54, 1.807) is 18.2 Å². The standard InChI is InChI=1S/C20H20N4O3/c1-13-6-8-15(9-7-13)20-24-22-18(27-20)11-10-17(25)21-23-19(26)16-5-3-4-14(2)12-16/h3-9,12H,10-11H2,1-2H3,(H,21,25)(H,23,26). The van der Waals surface area contributed by atoms with Crippen molar-refractivity contribution in [3.8, 4) is 11.5 Å². The fourth-order valence-electron chi connectivity index (χ4n) is 2.44. The summed E-state index contributed by atoms with van der Waals surface area (Å²) in [6.45, 7) is 3.89. The van der Waals surface area contributed by atoms with Crippen molar-refractivity contribution in [2.75, 3.05) is 0 Å². The Morgan fingerprint density at radius 3 is 2.48 bits per heavy atom. The van der Waals surface area contributed by atoms with Crippen molar-refractivity contribution in [3.05, 3.63) is 71.1 Å². The molecular formula is C20H20N4O3. The van der Waals surface area contributed by atoms with Crippen LogP contribution in [0.2, 0.25) is 0 Å². The second kappa shape index (κ2) is 8.27. The highest BCUT2D eigenvalue weighted by Gasteiger charge is 2.11. The Kier molecular flexibility index (Phi) is 5.61. The van der Waals surface area contributed by atoms with Crippen LogP contribution >= 0.6 is 0 Å². The Morgan fingerprint density at radius 1 is 0.963 bits per heavy atom. The Morgan fingerprint density at radius 2 is 1.74 bits per heavy atom. The van der Waals surface area contributed by atoms with Crippen LogP contribution < -0.4 is 10.9 Å². The summed E-state index contributed by atoms with van der Waals surface area (Å²) in [5, 5.41) is 7.95. The summed E-state index contributed by atoms with van der Waals surface area (Å²) < 4.78 is 5.58. The minimum Gasteiger partial charge on any atom is -0.421 e. The van der Waals surface area contributed by atoms with E-state index in [4.69, 9.17) is 4.42 Å². The Hall–Kier alpha value is -3.48. The van der Waals surface area contributed by atoms with E-state index in [9.17, 15) is 9.59 Å². The lowest BCUT2D eigenvalue weighted by atomic mass is 10.1. The molecule has 0 aliphatic rings. The van der Waals surface area contributed by atoms with Gasteiger partial charge in [-0.05, 0) is 38.1 Å². The van der Waals surface area contributed by atoms with Crippen LogP contribution in [-0.4, -0.2) is 22.0 Å². The lowest BCUT2D eigenvalue weighted by molar-refractivity contribution is -0.121. The van der Waals surface area contributed by atoms with E-state index in [-0.39, 0.29) is 24.7 Å². The van der Waals surface area contributed by atoms with Crippen molar-refractivity contribution >= 4 is 11.8 Å². The molecule has 0 unspecified atom stereocenters. The van der Waals surface area contributed by atoms with Gasteiger partial charge in [-0.3, -0.25) is 20.4 Å². The molecule has 0 radical (unpaired) electrons. The highest BCUT2D eigenvalue weighted by molar-refractivity contribution is 5.95. The molecule has 0 saturated heterocycles. The van der Waals surface area contributed by atoms with E-state index in [0.29, 0.717) is 17.3 Å². The third kappa shape index (κ3) is 5.01. The molecule has 0 atom stereocenters. The number of carbonyl (C=O) groups is 2. The minimum atomic E-state index is -0.369. The van der Waals surface area contributed by atoms with Gasteiger partial charge in [-0.15, -0.1) is 10.2 Å². The number of aryl methyl sites for hydroxylation is 3. The van der Waals surface area contributed by atoms with E-state index in [1.165, 1.54) is 0 Å². The molecule has 0 spiro atoms. The molecule has 3 aromatic rings. The molecule has 2 aromatic carbocycles. The van der Waals surface area contributed by atoms with E-state index in [1.807, 2.05) is 44.2 Å². The normalized spacial score (nSPS) is 10.4. The molecule has 2 N–H and O–H groups in total. The van der Waals surface area contributed by atoms with Gasteiger partial charge >= 0.3 is 0 Å². The monoisotopic (exact) mass is 364 g/mol. The van der Waals surface area contributed by atoms with Crippen LogP contribution in [0.1, 0.15) is 33.8 Å². The lowest BCUT2D eigenvalue weighted by Crippen LogP contribution is -2.41. The van der Waals surface area contributed by atoms with Crippen LogP contribution in [0.5, 0.6) is 0 Å². The molecule has 7 heteroatoms. The van der Waals surface area contributed by atoms with Crippen molar-refractivity contribution in [2.24, 2.45) is 0 Å². The molecule has 0 saturated carbocycles. The van der Waals surface area contributed by atoms with Gasteiger partial charge in [-0.2, -0.15) is 0 Å². The third-order valence-corrected chi connectivity index (χ3v) is 3.93. The van der Waals surface area contributed by atoms with E-state index in [0.717, 1.165) is 16.7 Å². The summed E-state index contributed by atoms with van der Waals surface area (Å²) >= 11 is 0. The molecule has 3 rings (SSSR count). The molecule has 2 amide bonds. The van der Waals surface area contributed by atoms with Gasteiger partial charge in [0, 0.05) is 24.0 Å². The largest absolute Gasteiger partial charge is 0.421 e. The first-order chi connectivity index (χ1) is 13.0. The number of rotatable bonds is 5. The number of benzene rings is 2. The summed E-state index contributed by atoms with van der Waals surface area (Å²) in [6, 6.07) is 14.8. The zero-order valence-electron chi connectivity index (χ0n) is 15.2. The van der Waals surface area contributed by atoms with Crippen molar-refractivity contribution < 1.29 is 14.0 Å². The molecule has 27 heavy (non-hydrogen) atoms. The first-order valence-electron chi connectivity index (χ1n) is 8.56. The summed E-state index contributed by atoms with van der Waals surface area (Å²) in [5.41, 5.74) is 8.20. The Bertz CT molecular complexity index is 948. The molecule has 0 bridgehead atoms. The number of nitrogens with one attached hydrogen (secondary N) is 2. The van der Waals surface area contributed by atoms with Gasteiger partial charge in [0.15, 0.2) is 0 Å². The minimum absolute atomic E-state index is 0.115. The molecule has 1 aromatic heterocycles. The predicted octanol–water partition coefficient (Wildman–Crippen LogP) is 2.75. The van der Waals surface area contributed by atoms with Gasteiger partial charge in [-0.1, -0.05) is 35.4 Å². The van der Waals surface area contributed by atoms with Gasteiger partial charge < -0.3 is 4.42 Å². The molecule has 1 heterocycles. The molecule has 0 aliphatic heterocycles. The van der Waals surface area contributed by atoms with Gasteiger partial charge in [0.1, 0.15) is 0 Å². The van der Waals surface area contributed by atoms with Crippen molar-refractivity contribution in [3.63, 3.8) is 0 Å². The van der Waals surface area contributed by atoms with Gasteiger partial charge in [0.05, 0.1) is 0 Å². The van der Waals surface area contributed by atoms with Crippen LogP contribution in [0.25, 0.3) is 11.5 Å². The van der Waals surface area contributed by atoms with E-state index < -0.39 is 0 Å². The Labute approximate surface area is 156 Å². The lowest BCUT2D eigenvalue weighted by Gasteiger charge is -2.07. The summed E-state index contributed by atoms with van der Waals surface area (Å²) in [4.78, 5) is 23.9. The van der Waals surface area contributed by atoms with Gasteiger partial charge in [0.25, 0.3) is 5.91 Å². The maximum absolute atomic E-state index is 12.0. The van der Waals surface area contributed by atoms with Crippen LogP contribution in [0.4, 0.5) is 0 Å². The first-order valence-corrected chi connectivity index (χ1v) is 8.56. The smallest absolute Gasteiger partial charge is 0.269 e. The number of nitrogens with zero attached hydrogens (tertiary/aromatic N) is 2. The fraction of sp³-hybridized carbons (Fsp3) is 0.200. The van der Waals surface area contributed by atoms with E-state index >= 15 is 0 Å². The average Bonchev–Trinajstić information content (AvgIpc) is 3.14. The highest BCUT2D eigenvalue weighted by atomic mass is 16.4. The third-order valence-electron chi connectivity index (χ3n) is 3.93. The second-order valence-corrected chi connectivity index (χ2v) is 6.24. The fourth-order valence-corrected chi connectivity index (χ4v) is 2.44. The summed E-state index contributed by atoms with van der Waals surface area (Å²) in [5.74, 6) is 0.0708. The number of hydrogen-bond acceptors (Lipinski definition) is 5. The molecule has 0 fully saturated rings. The second-order valence-electron chi connectivity index (χ2n) is 6.24. The topological polar surface area (TPSA) is 97.1 Å². The Balaban J connectivity index is 1.48. The van der Waals surface area contributed by atoms with Crippen molar-refractivity contribution in [2.45, 2.75) is 26.7 Å². The van der Waals surface area contributed by atoms with Crippen molar-refractivity contribution in [1.29, 1.82) is 0 Å². The maximum atomic E-state index is 12.0. The molecular weight excluding hydrogens is 344 g/mol. The highest BCUT2D eigenvalue weighted by Crippen LogP contribution is 2.18. The van der Waals surface area contributed by atoms with Crippen molar-refractivity contribution in [1.82, 2.24) is 21.0 Å². The molecule has 138 valence electrons. The predicted molar refractivity (Wildman–Crippen MR) is 99.6 cm³/mol. The number of hydrogen-bond donors (Lipinski definition) is 2. The van der Waals surface area contributed by atoms with Crippen LogP contribution in [-0.2, 0) is 11.2 Å². The summed E-state index contributed by atoms with van der Waals surface area (Å²) in [6.07, 6.45) is 0.397. The SMILES string of the molecule is Cc1ccc(-c2nnc(CCC(=O)NNC(=O)c3cccc(C)c3)o2)cc1. The number of amides is 2. The maximum Gasteiger partial charge on any atom is 0.269 e. The van der Waals surface area contributed by atoms with Crippen LogP contribution in [0, 0.1) is 13.8 Å². The number of aromatic nitrogens is 2. The van der Waals surface area contributed by atoms with Gasteiger partial charge in [0.2, 0.25) is 17.7 Å². The molecule has 0 aliphatic carbocycles. The summed E-state index contributed by atoms with van der Waals surface area (Å²) in [7, 11) is 0. The zero-order chi connectivity index (χ0) is 19.2. The quantitative estimate of drug-likeness (QED) is 0.679. The van der Waals surface area contributed by atoms with Crippen LogP contribution in [0.15, 0.2) is 52.9 Å². The number of hydrazine groups is 1. The average molecular weight is 364 g/mol.